The zero-order valence-corrected chi connectivity index (χ0v) is 21.2. The van der Waals surface area contributed by atoms with Crippen molar-refractivity contribution in [3.05, 3.63) is 60.2 Å². The van der Waals surface area contributed by atoms with Crippen molar-refractivity contribution < 1.29 is 43.9 Å². The van der Waals surface area contributed by atoms with E-state index in [2.05, 4.69) is 11.8 Å². The second kappa shape index (κ2) is 12.2. The maximum atomic E-state index is 11.3. The van der Waals surface area contributed by atoms with Crippen LogP contribution in [0.2, 0.25) is 0 Å². The molecule has 3 N–H and O–H groups in total. The van der Waals surface area contributed by atoms with Gasteiger partial charge in [-0.2, -0.15) is 0 Å². The standard InChI is InChI=1S/C24H29NO5.C4H4O4/c1-2-25(14-19-15-27-20-5-3-4-6-22(20)30-19)18-9-11-24(26,12-10-18)17-7-8-21-23(13-17)29-16-28-21;5-3(6)1-2-4(7)8/h3-8,13,18-19,26H,2,9-12,14-16H2,1H3;1-2H,(H,5,6)(H,7,8)/b;2-1+/t18-,19?,24-;. The van der Waals surface area contributed by atoms with Gasteiger partial charge in [-0.15, -0.1) is 0 Å². The van der Waals surface area contributed by atoms with Crippen LogP contribution in [0.3, 0.4) is 0 Å². The summed E-state index contributed by atoms with van der Waals surface area (Å²) in [6.45, 7) is 4.80. The van der Waals surface area contributed by atoms with E-state index in [4.69, 9.17) is 29.2 Å². The fraction of sp³-hybridized carbons (Fsp3) is 0.429. The van der Waals surface area contributed by atoms with Gasteiger partial charge in [0.15, 0.2) is 23.0 Å². The second-order valence-electron chi connectivity index (χ2n) is 9.43. The lowest BCUT2D eigenvalue weighted by molar-refractivity contribution is -0.134. The Hall–Kier alpha value is -3.76. The van der Waals surface area contributed by atoms with Crippen LogP contribution in [-0.2, 0) is 15.2 Å². The number of ether oxygens (including phenoxy) is 4. The number of likely N-dealkylation sites (N-methyl/N-ethyl adjacent to an activating group) is 1. The number of aliphatic carboxylic acids is 2. The third-order valence-corrected chi connectivity index (χ3v) is 6.99. The Kier molecular flexibility index (Phi) is 8.75. The summed E-state index contributed by atoms with van der Waals surface area (Å²) in [7, 11) is 0. The Bertz CT molecular complexity index is 1140. The Labute approximate surface area is 221 Å². The van der Waals surface area contributed by atoms with E-state index in [0.29, 0.717) is 24.8 Å². The molecule has 2 heterocycles. The Balaban J connectivity index is 0.000000368. The average molecular weight is 528 g/mol. The maximum Gasteiger partial charge on any atom is 0.328 e. The highest BCUT2D eigenvalue weighted by Crippen LogP contribution is 2.42. The summed E-state index contributed by atoms with van der Waals surface area (Å²) in [5, 5.41) is 26.9. The van der Waals surface area contributed by atoms with Crippen LogP contribution in [0, 0.1) is 0 Å². The minimum Gasteiger partial charge on any atom is -0.486 e. The van der Waals surface area contributed by atoms with Crippen molar-refractivity contribution in [2.75, 3.05) is 26.5 Å². The van der Waals surface area contributed by atoms with Crippen LogP contribution in [0.5, 0.6) is 23.0 Å². The fourth-order valence-electron chi connectivity index (χ4n) is 5.01. The number of fused-ring (bicyclic) bond motifs is 2. The number of rotatable bonds is 7. The first-order valence-corrected chi connectivity index (χ1v) is 12.7. The third-order valence-electron chi connectivity index (χ3n) is 6.99. The van der Waals surface area contributed by atoms with E-state index in [1.165, 1.54) is 0 Å². The van der Waals surface area contributed by atoms with Crippen molar-refractivity contribution in [2.45, 2.75) is 50.4 Å². The number of carbonyl (C=O) groups is 2. The van der Waals surface area contributed by atoms with Gasteiger partial charge in [-0.25, -0.2) is 9.59 Å². The lowest BCUT2D eigenvalue weighted by Gasteiger charge is -2.42. The molecule has 0 amide bonds. The molecule has 0 aromatic heterocycles. The number of carboxylic acids is 2. The van der Waals surface area contributed by atoms with Crippen molar-refractivity contribution in [3.63, 3.8) is 0 Å². The summed E-state index contributed by atoms with van der Waals surface area (Å²) in [6.07, 6.45) is 4.50. The van der Waals surface area contributed by atoms with Crippen LogP contribution in [0.4, 0.5) is 0 Å². The van der Waals surface area contributed by atoms with Crippen LogP contribution in [0.1, 0.15) is 38.2 Å². The molecule has 2 aromatic rings. The molecule has 0 bridgehead atoms. The van der Waals surface area contributed by atoms with Crippen molar-refractivity contribution in [1.82, 2.24) is 4.90 Å². The van der Waals surface area contributed by atoms with Gasteiger partial charge in [-0.3, -0.25) is 4.90 Å². The molecule has 2 aliphatic heterocycles. The summed E-state index contributed by atoms with van der Waals surface area (Å²) in [4.78, 5) is 21.6. The lowest BCUT2D eigenvalue weighted by atomic mass is 9.77. The van der Waals surface area contributed by atoms with Crippen molar-refractivity contribution in [2.24, 2.45) is 0 Å². The van der Waals surface area contributed by atoms with Gasteiger partial charge < -0.3 is 34.3 Å². The zero-order valence-electron chi connectivity index (χ0n) is 21.2. The highest BCUT2D eigenvalue weighted by Gasteiger charge is 2.38. The largest absolute Gasteiger partial charge is 0.486 e. The minimum atomic E-state index is -1.26. The highest BCUT2D eigenvalue weighted by molar-refractivity contribution is 5.89. The summed E-state index contributed by atoms with van der Waals surface area (Å²) in [6, 6.07) is 14.1. The number of nitrogens with zero attached hydrogens (tertiary/aromatic N) is 1. The molecule has 2 aromatic carbocycles. The molecule has 10 heteroatoms. The zero-order chi connectivity index (χ0) is 27.1. The Morgan fingerprint density at radius 2 is 1.58 bits per heavy atom. The summed E-state index contributed by atoms with van der Waals surface area (Å²) in [5.41, 5.74) is 0.120. The monoisotopic (exact) mass is 527 g/mol. The number of para-hydroxylation sites is 2. The summed E-state index contributed by atoms with van der Waals surface area (Å²) < 4.78 is 22.9. The van der Waals surface area contributed by atoms with Gasteiger partial charge in [0.25, 0.3) is 0 Å². The van der Waals surface area contributed by atoms with E-state index in [1.54, 1.807) is 0 Å². The lowest BCUT2D eigenvalue weighted by Crippen LogP contribution is -2.48. The Morgan fingerprint density at radius 3 is 2.24 bits per heavy atom. The molecule has 10 nitrogen and oxygen atoms in total. The summed E-state index contributed by atoms with van der Waals surface area (Å²) in [5.74, 6) is 0.617. The number of benzene rings is 2. The molecule has 0 radical (unpaired) electrons. The predicted molar refractivity (Wildman–Crippen MR) is 137 cm³/mol. The van der Waals surface area contributed by atoms with Crippen LogP contribution < -0.4 is 18.9 Å². The highest BCUT2D eigenvalue weighted by atomic mass is 16.7. The third kappa shape index (κ3) is 6.76. The van der Waals surface area contributed by atoms with Crippen LogP contribution in [-0.4, -0.2) is 70.8 Å². The van der Waals surface area contributed by atoms with E-state index in [1.807, 2.05) is 42.5 Å². The van der Waals surface area contributed by atoms with E-state index in [9.17, 15) is 14.7 Å². The van der Waals surface area contributed by atoms with Gasteiger partial charge in [0.05, 0.1) is 5.60 Å². The molecule has 1 aliphatic carbocycles. The number of aliphatic hydroxyl groups is 1. The Morgan fingerprint density at radius 1 is 0.947 bits per heavy atom. The van der Waals surface area contributed by atoms with Gasteiger partial charge in [-0.1, -0.05) is 25.1 Å². The predicted octanol–water partition coefficient (Wildman–Crippen LogP) is 3.42. The van der Waals surface area contributed by atoms with E-state index >= 15 is 0 Å². The minimum absolute atomic E-state index is 0.0227. The molecule has 0 spiro atoms. The normalized spacial score (nSPS) is 23.6. The molecule has 1 saturated carbocycles. The first-order chi connectivity index (χ1) is 18.3. The van der Waals surface area contributed by atoms with E-state index in [-0.39, 0.29) is 12.9 Å². The van der Waals surface area contributed by atoms with Gasteiger partial charge in [-0.05, 0) is 62.1 Å². The van der Waals surface area contributed by atoms with Crippen molar-refractivity contribution >= 4 is 11.9 Å². The molecule has 38 heavy (non-hydrogen) atoms. The van der Waals surface area contributed by atoms with Gasteiger partial charge in [0.1, 0.15) is 12.7 Å². The first-order valence-electron chi connectivity index (χ1n) is 12.7. The molecular formula is C28H33NO9. The first kappa shape index (κ1) is 27.3. The second-order valence-corrected chi connectivity index (χ2v) is 9.43. The molecule has 0 saturated heterocycles. The summed E-state index contributed by atoms with van der Waals surface area (Å²) >= 11 is 0. The number of hydrogen-bond acceptors (Lipinski definition) is 8. The molecule has 5 rings (SSSR count). The van der Waals surface area contributed by atoms with Crippen LogP contribution in [0.15, 0.2) is 54.6 Å². The smallest absolute Gasteiger partial charge is 0.328 e. The molecule has 1 atom stereocenters. The van der Waals surface area contributed by atoms with Gasteiger partial charge in [0.2, 0.25) is 6.79 Å². The number of carboxylic acid groups (broad SMARTS) is 2. The number of hydrogen-bond donors (Lipinski definition) is 3. The average Bonchev–Trinajstić information content (AvgIpc) is 3.40. The van der Waals surface area contributed by atoms with E-state index in [0.717, 1.165) is 67.3 Å². The molecule has 1 unspecified atom stereocenters. The topological polar surface area (TPSA) is 135 Å². The molecule has 1 fully saturated rings. The van der Waals surface area contributed by atoms with Gasteiger partial charge >= 0.3 is 11.9 Å². The molecule has 3 aliphatic rings. The maximum absolute atomic E-state index is 11.3. The van der Waals surface area contributed by atoms with Crippen molar-refractivity contribution in [1.29, 1.82) is 0 Å². The van der Waals surface area contributed by atoms with Crippen LogP contribution in [0.25, 0.3) is 0 Å². The molecule has 204 valence electrons. The van der Waals surface area contributed by atoms with E-state index < -0.39 is 17.5 Å². The molecular weight excluding hydrogens is 494 g/mol. The van der Waals surface area contributed by atoms with Gasteiger partial charge in [0, 0.05) is 24.7 Å². The quantitative estimate of drug-likeness (QED) is 0.460. The SMILES string of the molecule is CCN(CC1COc2ccccc2O1)[C@H]1CC[C@@](O)(c2ccc3c(c2)OCO3)CC1.O=C(O)/C=C/C(=O)O. The fourth-order valence-corrected chi connectivity index (χ4v) is 5.01. The van der Waals surface area contributed by atoms with Crippen molar-refractivity contribution in [3.8, 4) is 23.0 Å². The van der Waals surface area contributed by atoms with Crippen LogP contribution >= 0.6 is 0 Å².